The molecule has 15 heavy (non-hydrogen) atoms. The van der Waals surface area contributed by atoms with E-state index in [1.54, 1.807) is 25.0 Å². The Morgan fingerprint density at radius 3 is 2.73 bits per heavy atom. The van der Waals surface area contributed by atoms with Gasteiger partial charge in [0.15, 0.2) is 0 Å². The highest BCUT2D eigenvalue weighted by molar-refractivity contribution is 5.77. The monoisotopic (exact) mass is 210 g/mol. The van der Waals surface area contributed by atoms with Gasteiger partial charge in [0.1, 0.15) is 5.69 Å². The smallest absolute Gasteiger partial charge is 0.274 e. The van der Waals surface area contributed by atoms with E-state index in [0.29, 0.717) is 16.9 Å². The fourth-order valence-electron chi connectivity index (χ4n) is 1.56. The molecule has 2 rings (SSSR count). The van der Waals surface area contributed by atoms with E-state index < -0.39 is 4.92 Å². The third-order valence-corrected chi connectivity index (χ3v) is 2.32. The summed E-state index contributed by atoms with van der Waals surface area (Å²) in [5.41, 5.74) is 4.19. The molecule has 1 aromatic carbocycles. The third kappa shape index (κ3) is 1.37. The van der Waals surface area contributed by atoms with Crippen LogP contribution >= 0.6 is 0 Å². The maximum absolute atomic E-state index is 10.7. The normalized spacial score (nSPS) is 14.3. The molecule has 80 valence electrons. The number of nitro benzene ring substituents is 1. The number of rotatable bonds is 1. The zero-order chi connectivity index (χ0) is 11.2. The predicted molar refractivity (Wildman–Crippen MR) is 53.6 cm³/mol. The van der Waals surface area contributed by atoms with Crippen LogP contribution in [0.2, 0.25) is 0 Å². The number of nitro groups is 1. The topological polar surface area (TPSA) is 81.9 Å². The lowest BCUT2D eigenvalue weighted by molar-refractivity contribution is -0.385. The molecule has 1 aromatic rings. The average Bonchev–Trinajstić information content (AvgIpc) is 2.41. The minimum atomic E-state index is -0.470. The van der Waals surface area contributed by atoms with Gasteiger partial charge in [0.2, 0.25) is 0 Å². The molecule has 0 atom stereocenters. The summed E-state index contributed by atoms with van der Waals surface area (Å²) in [6.45, 7) is 1.66. The summed E-state index contributed by atoms with van der Waals surface area (Å²) in [6.07, 6.45) is 0. The van der Waals surface area contributed by atoms with E-state index in [9.17, 15) is 15.3 Å². The van der Waals surface area contributed by atoms with Gasteiger partial charge in [-0.3, -0.25) is 20.3 Å². The van der Waals surface area contributed by atoms with Crippen molar-refractivity contribution in [3.05, 3.63) is 27.8 Å². The average molecular weight is 210 g/mol. The second-order valence-electron chi connectivity index (χ2n) is 3.36. The fourth-order valence-corrected chi connectivity index (χ4v) is 1.56. The number of aryl methyl sites for hydroxylation is 1. The van der Waals surface area contributed by atoms with Crippen molar-refractivity contribution >= 4 is 17.1 Å². The summed E-state index contributed by atoms with van der Waals surface area (Å²) >= 11 is 0. The van der Waals surface area contributed by atoms with Crippen LogP contribution in [0, 0.1) is 17.0 Å². The third-order valence-electron chi connectivity index (χ3n) is 2.32. The molecular weight excluding hydrogens is 200 g/mol. The standard InChI is InChI=1S/C8H10N4O3/c1-5-3-7-8(4-6(5)12(14)15)11(13)9-10(7)2/h3-4,9,13H,1-2H3. The highest BCUT2D eigenvalue weighted by Crippen LogP contribution is 2.36. The molecule has 1 aliphatic heterocycles. The summed E-state index contributed by atoms with van der Waals surface area (Å²) < 4.78 is 0. The lowest BCUT2D eigenvalue weighted by atomic mass is 10.1. The largest absolute Gasteiger partial charge is 0.290 e. The van der Waals surface area contributed by atoms with Crippen LogP contribution in [0.15, 0.2) is 12.1 Å². The molecule has 0 unspecified atom stereocenters. The highest BCUT2D eigenvalue weighted by Gasteiger charge is 2.26. The molecule has 1 aliphatic rings. The lowest BCUT2D eigenvalue weighted by Crippen LogP contribution is -2.39. The van der Waals surface area contributed by atoms with Crippen LogP contribution in [0.3, 0.4) is 0 Å². The maximum Gasteiger partial charge on any atom is 0.274 e. The zero-order valence-corrected chi connectivity index (χ0v) is 8.26. The Balaban J connectivity index is 2.59. The molecule has 0 bridgehead atoms. The quantitative estimate of drug-likeness (QED) is 0.531. The number of hydrazine groups is 2. The molecule has 0 radical (unpaired) electrons. The molecule has 0 amide bonds. The van der Waals surface area contributed by atoms with Crippen molar-refractivity contribution in [2.24, 2.45) is 0 Å². The van der Waals surface area contributed by atoms with Gasteiger partial charge < -0.3 is 0 Å². The van der Waals surface area contributed by atoms with E-state index >= 15 is 0 Å². The van der Waals surface area contributed by atoms with Crippen LogP contribution in [0.1, 0.15) is 5.56 Å². The van der Waals surface area contributed by atoms with Gasteiger partial charge in [-0.1, -0.05) is 0 Å². The Morgan fingerprint density at radius 1 is 1.47 bits per heavy atom. The molecule has 1 heterocycles. The van der Waals surface area contributed by atoms with Gasteiger partial charge in [0.25, 0.3) is 5.69 Å². The van der Waals surface area contributed by atoms with Crippen molar-refractivity contribution in [1.82, 2.24) is 5.53 Å². The SMILES string of the molecule is Cc1cc2c(cc1[N+](=O)[O-])N(O)NN2C. The van der Waals surface area contributed by atoms with Crippen molar-refractivity contribution < 1.29 is 10.1 Å². The van der Waals surface area contributed by atoms with Crippen LogP contribution in [-0.2, 0) is 0 Å². The summed E-state index contributed by atoms with van der Waals surface area (Å²) in [5.74, 6) is 0. The van der Waals surface area contributed by atoms with Gasteiger partial charge in [-0.05, 0) is 13.0 Å². The second-order valence-corrected chi connectivity index (χ2v) is 3.36. The molecular formula is C8H10N4O3. The Hall–Kier alpha value is -1.86. The van der Waals surface area contributed by atoms with Gasteiger partial charge in [0.05, 0.1) is 10.6 Å². The molecule has 7 heteroatoms. The van der Waals surface area contributed by atoms with E-state index in [2.05, 4.69) is 5.53 Å². The molecule has 0 saturated heterocycles. The van der Waals surface area contributed by atoms with Gasteiger partial charge in [-0.15, -0.1) is 5.53 Å². The first kappa shape index (κ1) is 9.69. The number of fused-ring (bicyclic) bond motifs is 1. The van der Waals surface area contributed by atoms with Crippen molar-refractivity contribution in [2.75, 3.05) is 17.2 Å². The summed E-state index contributed by atoms with van der Waals surface area (Å²) in [4.78, 5) is 10.2. The first-order valence-corrected chi connectivity index (χ1v) is 4.29. The zero-order valence-electron chi connectivity index (χ0n) is 8.26. The second kappa shape index (κ2) is 3.07. The van der Waals surface area contributed by atoms with E-state index in [1.165, 1.54) is 6.07 Å². The molecule has 0 aromatic heterocycles. The van der Waals surface area contributed by atoms with Crippen LogP contribution in [0.25, 0.3) is 0 Å². The molecule has 0 aliphatic carbocycles. The number of hydrogen-bond acceptors (Lipinski definition) is 6. The van der Waals surface area contributed by atoms with E-state index in [0.717, 1.165) is 5.17 Å². The Labute approximate surface area is 85.6 Å². The minimum Gasteiger partial charge on any atom is -0.290 e. The Kier molecular flexibility index (Phi) is 1.98. The minimum absolute atomic E-state index is 0.00935. The highest BCUT2D eigenvalue weighted by atomic mass is 16.6. The molecule has 2 N–H and O–H groups in total. The van der Waals surface area contributed by atoms with Gasteiger partial charge >= 0.3 is 0 Å². The fraction of sp³-hybridized carbons (Fsp3) is 0.250. The number of nitrogens with one attached hydrogen (secondary N) is 1. The first-order valence-electron chi connectivity index (χ1n) is 4.29. The summed E-state index contributed by atoms with van der Waals surface area (Å²) in [6, 6.07) is 2.98. The van der Waals surface area contributed by atoms with Crippen LogP contribution in [0.4, 0.5) is 17.1 Å². The van der Waals surface area contributed by atoms with Crippen molar-refractivity contribution in [1.29, 1.82) is 0 Å². The Bertz CT molecular complexity index is 434. The van der Waals surface area contributed by atoms with Gasteiger partial charge in [0, 0.05) is 18.7 Å². The first-order chi connectivity index (χ1) is 7.00. The molecule has 0 saturated carbocycles. The summed E-state index contributed by atoms with van der Waals surface area (Å²) in [5, 5.41) is 22.4. The number of nitrogens with zero attached hydrogens (tertiary/aromatic N) is 3. The van der Waals surface area contributed by atoms with Gasteiger partial charge in [-0.2, -0.15) is 5.17 Å². The Morgan fingerprint density at radius 2 is 2.13 bits per heavy atom. The predicted octanol–water partition coefficient (Wildman–Crippen LogP) is 0.968. The molecule has 7 nitrogen and oxygen atoms in total. The van der Waals surface area contributed by atoms with Crippen molar-refractivity contribution in [3.63, 3.8) is 0 Å². The molecule has 0 fully saturated rings. The number of anilines is 2. The van der Waals surface area contributed by atoms with Crippen LogP contribution in [-0.4, -0.2) is 17.2 Å². The van der Waals surface area contributed by atoms with Gasteiger partial charge in [-0.25, -0.2) is 0 Å². The molecule has 0 spiro atoms. The maximum atomic E-state index is 10.7. The van der Waals surface area contributed by atoms with E-state index in [4.69, 9.17) is 0 Å². The number of benzene rings is 1. The van der Waals surface area contributed by atoms with Crippen LogP contribution < -0.4 is 15.7 Å². The number of hydrogen-bond donors (Lipinski definition) is 2. The van der Waals surface area contributed by atoms with E-state index in [1.807, 2.05) is 0 Å². The van der Waals surface area contributed by atoms with E-state index in [-0.39, 0.29) is 5.69 Å². The van der Waals surface area contributed by atoms with Crippen molar-refractivity contribution in [3.8, 4) is 0 Å². The summed E-state index contributed by atoms with van der Waals surface area (Å²) in [7, 11) is 1.71. The van der Waals surface area contributed by atoms with Crippen molar-refractivity contribution in [2.45, 2.75) is 6.92 Å². The lowest BCUT2D eigenvalue weighted by Gasteiger charge is -2.11. The van der Waals surface area contributed by atoms with Crippen LogP contribution in [0.5, 0.6) is 0 Å².